The minimum atomic E-state index is -4.55. The average molecular weight is 563 g/mol. The molecule has 12 heteroatoms. The highest BCUT2D eigenvalue weighted by atomic mass is 19.4. The summed E-state index contributed by atoms with van der Waals surface area (Å²) in [5.74, 6) is 4.94. The van der Waals surface area contributed by atoms with Crippen molar-refractivity contribution in [1.82, 2.24) is 24.3 Å². The van der Waals surface area contributed by atoms with Gasteiger partial charge >= 0.3 is 6.18 Å². The van der Waals surface area contributed by atoms with Crippen LogP contribution in [-0.2, 0) is 22.3 Å². The summed E-state index contributed by atoms with van der Waals surface area (Å²) < 4.78 is 46.4. The third-order valence-corrected chi connectivity index (χ3v) is 6.76. The predicted molar refractivity (Wildman–Crippen MR) is 144 cm³/mol. The third kappa shape index (κ3) is 5.76. The van der Waals surface area contributed by atoms with E-state index in [-0.39, 0.29) is 23.2 Å². The number of anilines is 1. The van der Waals surface area contributed by atoms with E-state index < -0.39 is 17.6 Å². The monoisotopic (exact) mass is 562 g/mol. The van der Waals surface area contributed by atoms with Crippen LogP contribution in [0.15, 0.2) is 55.0 Å². The van der Waals surface area contributed by atoms with E-state index in [0.29, 0.717) is 37.4 Å². The number of pyridine rings is 1. The minimum Gasteiger partial charge on any atom is -0.378 e. The Morgan fingerprint density at radius 2 is 1.95 bits per heavy atom. The summed E-state index contributed by atoms with van der Waals surface area (Å²) in [5, 5.41) is 2.41. The van der Waals surface area contributed by atoms with Gasteiger partial charge < -0.3 is 15.0 Å². The molecule has 9 nitrogen and oxygen atoms in total. The zero-order valence-corrected chi connectivity index (χ0v) is 22.2. The van der Waals surface area contributed by atoms with Gasteiger partial charge in [-0.25, -0.2) is 9.97 Å². The van der Waals surface area contributed by atoms with Crippen LogP contribution in [0, 0.1) is 11.8 Å². The van der Waals surface area contributed by atoms with E-state index in [2.05, 4.69) is 27.1 Å². The molecule has 1 aromatic carbocycles. The van der Waals surface area contributed by atoms with Crippen molar-refractivity contribution in [1.29, 1.82) is 0 Å². The molecule has 3 aromatic heterocycles. The number of alkyl halides is 3. The van der Waals surface area contributed by atoms with Gasteiger partial charge in [0.15, 0.2) is 0 Å². The number of imidazole rings is 1. The van der Waals surface area contributed by atoms with Crippen molar-refractivity contribution in [2.75, 3.05) is 25.5 Å². The first-order valence-corrected chi connectivity index (χ1v) is 12.7. The Labute approximate surface area is 233 Å². The first kappa shape index (κ1) is 27.8. The lowest BCUT2D eigenvalue weighted by Gasteiger charge is -2.14. The molecule has 1 fully saturated rings. The van der Waals surface area contributed by atoms with Crippen molar-refractivity contribution in [2.45, 2.75) is 32.0 Å². The van der Waals surface area contributed by atoms with Crippen LogP contribution in [0.1, 0.15) is 46.7 Å². The molecular weight excluding hydrogens is 537 g/mol. The van der Waals surface area contributed by atoms with E-state index in [1.165, 1.54) is 0 Å². The van der Waals surface area contributed by atoms with E-state index in [4.69, 9.17) is 9.72 Å². The number of hydrogen-bond donors (Lipinski definition) is 1. The molecule has 0 spiro atoms. The van der Waals surface area contributed by atoms with Crippen LogP contribution in [0.5, 0.6) is 0 Å². The fourth-order valence-corrected chi connectivity index (χ4v) is 4.84. The highest BCUT2D eigenvalue weighted by Crippen LogP contribution is 2.34. The lowest BCUT2D eigenvalue weighted by molar-refractivity contribution is -0.137. The Bertz CT molecular complexity index is 1670. The molecule has 1 saturated heterocycles. The maximum absolute atomic E-state index is 13.0. The van der Waals surface area contributed by atoms with Crippen LogP contribution < -0.4 is 5.32 Å². The number of ether oxygens (including phenoxy) is 1. The summed E-state index contributed by atoms with van der Waals surface area (Å²) in [5.41, 5.74) is 2.20. The van der Waals surface area contributed by atoms with E-state index in [1.807, 2.05) is 4.40 Å². The average Bonchev–Trinajstić information content (AvgIpc) is 3.59. The lowest BCUT2D eigenvalue weighted by Crippen LogP contribution is -2.27. The van der Waals surface area contributed by atoms with Gasteiger partial charge in [0.05, 0.1) is 35.3 Å². The van der Waals surface area contributed by atoms with Gasteiger partial charge in [0, 0.05) is 49.6 Å². The molecule has 2 amide bonds. The molecule has 210 valence electrons. The second kappa shape index (κ2) is 11.4. The number of methoxy groups -OCH3 is 1. The summed E-state index contributed by atoms with van der Waals surface area (Å²) in [6.45, 7) is 2.97. The molecule has 1 aliphatic rings. The number of benzene rings is 1. The molecule has 1 N–H and O–H groups in total. The highest BCUT2D eigenvalue weighted by Gasteiger charge is 2.32. The van der Waals surface area contributed by atoms with Crippen LogP contribution >= 0.6 is 0 Å². The smallest absolute Gasteiger partial charge is 0.378 e. The van der Waals surface area contributed by atoms with Gasteiger partial charge in [-0.1, -0.05) is 18.1 Å². The quantitative estimate of drug-likeness (QED) is 0.346. The van der Waals surface area contributed by atoms with Crippen molar-refractivity contribution in [3.05, 3.63) is 77.6 Å². The van der Waals surface area contributed by atoms with E-state index >= 15 is 0 Å². The number of likely N-dealkylation sites (tertiary alicyclic amines) is 1. The number of hydrogen-bond acceptors (Lipinski definition) is 6. The minimum absolute atomic E-state index is 0.0399. The molecule has 4 aromatic rings. The second-order valence-electron chi connectivity index (χ2n) is 9.44. The lowest BCUT2D eigenvalue weighted by atomic mass is 10.1. The van der Waals surface area contributed by atoms with Crippen molar-refractivity contribution in [2.24, 2.45) is 0 Å². The Morgan fingerprint density at radius 3 is 2.66 bits per heavy atom. The van der Waals surface area contributed by atoms with E-state index in [0.717, 1.165) is 35.4 Å². The van der Waals surface area contributed by atoms with Gasteiger partial charge in [-0.3, -0.25) is 19.0 Å². The molecule has 5 rings (SSSR count). The van der Waals surface area contributed by atoms with Crippen LogP contribution in [0.3, 0.4) is 0 Å². The number of nitrogens with zero attached hydrogens (tertiary/aromatic N) is 5. The van der Waals surface area contributed by atoms with E-state index in [1.54, 1.807) is 55.6 Å². The Kier molecular flexibility index (Phi) is 7.72. The van der Waals surface area contributed by atoms with Gasteiger partial charge in [-0.2, -0.15) is 13.2 Å². The van der Waals surface area contributed by atoms with Crippen LogP contribution in [0.4, 0.5) is 19.0 Å². The molecule has 0 radical (unpaired) electrons. The molecule has 0 aliphatic carbocycles. The summed E-state index contributed by atoms with van der Waals surface area (Å²) in [6.07, 6.45) is 0.565. The van der Waals surface area contributed by atoms with Crippen LogP contribution in [0.25, 0.3) is 16.8 Å². The number of amides is 2. The fraction of sp³-hybridized carbons (Fsp3) is 0.276. The number of rotatable bonds is 6. The summed E-state index contributed by atoms with van der Waals surface area (Å²) in [7, 11) is 1.59. The molecule has 1 aliphatic heterocycles. The number of fused-ring (bicyclic) bond motifs is 1. The molecule has 0 saturated carbocycles. The summed E-state index contributed by atoms with van der Waals surface area (Å²) >= 11 is 0. The van der Waals surface area contributed by atoms with Crippen molar-refractivity contribution >= 4 is 23.1 Å². The Balaban J connectivity index is 1.45. The maximum atomic E-state index is 13.0. The Hall–Kier alpha value is -4.76. The molecule has 41 heavy (non-hydrogen) atoms. The normalized spacial score (nSPS) is 15.0. The fourth-order valence-electron chi connectivity index (χ4n) is 4.84. The first-order valence-electron chi connectivity index (χ1n) is 12.7. The number of halogens is 3. The molecule has 0 unspecified atom stereocenters. The van der Waals surface area contributed by atoms with Gasteiger partial charge in [0.1, 0.15) is 11.6 Å². The van der Waals surface area contributed by atoms with Crippen molar-refractivity contribution < 1.29 is 27.5 Å². The SMILES string of the molecule is CC#CC(=O)N1CC[C@@H](c2nc(-c3ccc(C(=O)Nc4cc(C(F)(F)F)ccn4)cc3)c3cncc(COC)n23)C1. The van der Waals surface area contributed by atoms with Gasteiger partial charge in [0.25, 0.3) is 11.8 Å². The van der Waals surface area contributed by atoms with Crippen molar-refractivity contribution in [3.8, 4) is 23.1 Å². The number of carbonyl (C=O) groups is 2. The molecule has 0 bridgehead atoms. The zero-order valence-electron chi connectivity index (χ0n) is 22.2. The van der Waals surface area contributed by atoms with Gasteiger partial charge in [-0.05, 0) is 43.5 Å². The highest BCUT2D eigenvalue weighted by molar-refractivity contribution is 6.04. The number of aromatic nitrogens is 4. The summed E-state index contributed by atoms with van der Waals surface area (Å²) in [4.78, 5) is 40.0. The first-order chi connectivity index (χ1) is 19.7. The van der Waals surface area contributed by atoms with Crippen LogP contribution in [0.2, 0.25) is 0 Å². The van der Waals surface area contributed by atoms with Crippen molar-refractivity contribution in [3.63, 3.8) is 0 Å². The zero-order chi connectivity index (χ0) is 29.1. The predicted octanol–water partition coefficient (Wildman–Crippen LogP) is 4.55. The second-order valence-corrected chi connectivity index (χ2v) is 9.44. The van der Waals surface area contributed by atoms with Crippen LogP contribution in [-0.4, -0.2) is 56.3 Å². The number of nitrogens with one attached hydrogen (secondary N) is 1. The largest absolute Gasteiger partial charge is 0.416 e. The molecule has 4 heterocycles. The number of carbonyl (C=O) groups excluding carboxylic acids is 2. The molecule has 1 atom stereocenters. The third-order valence-electron chi connectivity index (χ3n) is 6.76. The molecular formula is C29H25F3N6O3. The van der Waals surface area contributed by atoms with E-state index in [9.17, 15) is 22.8 Å². The standard InChI is InChI=1S/C29H25F3N6O3/c1-3-4-25(39)37-12-10-20(16-37)27-36-26(23-15-33-14-22(17-41-2)38(23)27)18-5-7-19(8-6-18)28(40)35-24-13-21(9-11-34-24)29(30,31)32/h5-9,11,13-15,20H,10,12,16-17H2,1-2H3,(H,34,35,40)/t20-/m1/s1. The maximum Gasteiger partial charge on any atom is 0.416 e. The summed E-state index contributed by atoms with van der Waals surface area (Å²) in [6, 6.07) is 8.17. The van der Waals surface area contributed by atoms with Gasteiger partial charge in [0.2, 0.25) is 0 Å². The topological polar surface area (TPSA) is 102 Å². The Morgan fingerprint density at radius 1 is 1.17 bits per heavy atom. The van der Waals surface area contributed by atoms with Gasteiger partial charge in [-0.15, -0.1) is 0 Å².